The third kappa shape index (κ3) is 3.97. The molecule has 1 unspecified atom stereocenters. The zero-order valence-electron chi connectivity index (χ0n) is 9.20. The van der Waals surface area contributed by atoms with Crippen molar-refractivity contribution in [3.05, 3.63) is 0 Å². The van der Waals surface area contributed by atoms with Crippen LogP contribution in [-0.2, 0) is 0 Å². The lowest BCUT2D eigenvalue weighted by molar-refractivity contribution is 0.640. The molecule has 1 aromatic heterocycles. The molecule has 0 saturated heterocycles. The third-order valence-corrected chi connectivity index (χ3v) is 2.04. The van der Waals surface area contributed by atoms with Gasteiger partial charge in [-0.25, -0.2) is 0 Å². The molecule has 0 radical (unpaired) electrons. The molecule has 6 heteroatoms. The van der Waals surface area contributed by atoms with Gasteiger partial charge in [0.2, 0.25) is 17.8 Å². The second-order valence-electron chi connectivity index (χ2n) is 3.56. The van der Waals surface area contributed by atoms with Crippen molar-refractivity contribution in [3.63, 3.8) is 0 Å². The summed E-state index contributed by atoms with van der Waals surface area (Å²) < 4.78 is 0. The Balaban J connectivity index is 2.56. The second kappa shape index (κ2) is 5.33. The molecule has 0 aliphatic rings. The van der Waals surface area contributed by atoms with E-state index in [0.29, 0.717) is 12.0 Å². The van der Waals surface area contributed by atoms with Gasteiger partial charge in [-0.3, -0.25) is 0 Å². The predicted molar refractivity (Wildman–Crippen MR) is 61.3 cm³/mol. The summed E-state index contributed by atoms with van der Waals surface area (Å²) in [7, 11) is 0. The quantitative estimate of drug-likeness (QED) is 0.670. The first-order valence-electron chi connectivity index (χ1n) is 5.15. The van der Waals surface area contributed by atoms with E-state index in [0.717, 1.165) is 6.42 Å². The molecule has 0 aliphatic heterocycles. The summed E-state index contributed by atoms with van der Waals surface area (Å²) in [5, 5.41) is 3.14. The number of nitrogen functional groups attached to an aromatic ring is 2. The van der Waals surface area contributed by atoms with Crippen LogP contribution in [0.5, 0.6) is 0 Å². The molecule has 0 fully saturated rings. The van der Waals surface area contributed by atoms with Crippen LogP contribution in [0.3, 0.4) is 0 Å². The van der Waals surface area contributed by atoms with Crippen LogP contribution in [-0.4, -0.2) is 21.0 Å². The fourth-order valence-corrected chi connectivity index (χ4v) is 1.28. The minimum absolute atomic E-state index is 0.146. The molecule has 0 aromatic carbocycles. The molecule has 84 valence electrons. The number of nitrogens with one attached hydrogen (secondary N) is 1. The molecule has 0 aliphatic carbocycles. The topological polar surface area (TPSA) is 103 Å². The van der Waals surface area contributed by atoms with Gasteiger partial charge >= 0.3 is 0 Å². The van der Waals surface area contributed by atoms with Crippen molar-refractivity contribution in [1.29, 1.82) is 0 Å². The highest BCUT2D eigenvalue weighted by atomic mass is 15.2. The minimum Gasteiger partial charge on any atom is -0.368 e. The summed E-state index contributed by atoms with van der Waals surface area (Å²) in [6, 6.07) is 0.311. The van der Waals surface area contributed by atoms with E-state index < -0.39 is 0 Å². The summed E-state index contributed by atoms with van der Waals surface area (Å²) in [4.78, 5) is 11.6. The summed E-state index contributed by atoms with van der Waals surface area (Å²) in [5.74, 6) is 0.740. The molecule has 0 bridgehead atoms. The normalized spacial score (nSPS) is 12.4. The maximum atomic E-state index is 5.45. The van der Waals surface area contributed by atoms with E-state index >= 15 is 0 Å². The van der Waals surface area contributed by atoms with Crippen LogP contribution in [0.25, 0.3) is 0 Å². The maximum absolute atomic E-state index is 5.45. The van der Waals surface area contributed by atoms with Gasteiger partial charge in [0.25, 0.3) is 0 Å². The lowest BCUT2D eigenvalue weighted by atomic mass is 10.1. The number of hydrogen-bond donors (Lipinski definition) is 3. The zero-order chi connectivity index (χ0) is 11.3. The number of anilines is 3. The number of rotatable bonds is 5. The molecule has 1 atom stereocenters. The van der Waals surface area contributed by atoms with Gasteiger partial charge in [-0.05, 0) is 13.3 Å². The highest BCUT2D eigenvalue weighted by Gasteiger charge is 2.05. The second-order valence-corrected chi connectivity index (χ2v) is 3.56. The maximum Gasteiger partial charge on any atom is 0.229 e. The number of hydrogen-bond acceptors (Lipinski definition) is 6. The highest BCUT2D eigenvalue weighted by molar-refractivity contribution is 5.37. The van der Waals surface area contributed by atoms with Gasteiger partial charge < -0.3 is 16.8 Å². The van der Waals surface area contributed by atoms with Gasteiger partial charge in [-0.15, -0.1) is 0 Å². The van der Waals surface area contributed by atoms with Crippen molar-refractivity contribution >= 4 is 17.8 Å². The Morgan fingerprint density at radius 3 is 2.33 bits per heavy atom. The number of unbranched alkanes of at least 4 members (excludes halogenated alkanes) is 1. The van der Waals surface area contributed by atoms with E-state index in [1.807, 2.05) is 0 Å². The average Bonchev–Trinajstić information content (AvgIpc) is 2.13. The van der Waals surface area contributed by atoms with E-state index in [1.54, 1.807) is 0 Å². The molecule has 1 rings (SSSR count). The molecule has 6 nitrogen and oxygen atoms in total. The summed E-state index contributed by atoms with van der Waals surface area (Å²) >= 11 is 0. The van der Waals surface area contributed by atoms with Crippen molar-refractivity contribution in [2.75, 3.05) is 16.8 Å². The highest BCUT2D eigenvalue weighted by Crippen LogP contribution is 2.08. The third-order valence-electron chi connectivity index (χ3n) is 2.04. The van der Waals surface area contributed by atoms with Crippen LogP contribution < -0.4 is 16.8 Å². The fourth-order valence-electron chi connectivity index (χ4n) is 1.28. The van der Waals surface area contributed by atoms with Gasteiger partial charge in [0.15, 0.2) is 0 Å². The van der Waals surface area contributed by atoms with E-state index in [-0.39, 0.29) is 11.9 Å². The van der Waals surface area contributed by atoms with E-state index in [2.05, 4.69) is 34.1 Å². The molecule has 0 saturated carbocycles. The van der Waals surface area contributed by atoms with E-state index in [9.17, 15) is 0 Å². The average molecular weight is 210 g/mol. The summed E-state index contributed by atoms with van der Waals surface area (Å²) in [5.41, 5.74) is 10.9. The van der Waals surface area contributed by atoms with Crippen LogP contribution in [0, 0.1) is 0 Å². The first-order chi connectivity index (χ1) is 7.11. The van der Waals surface area contributed by atoms with Crippen LogP contribution in [0.4, 0.5) is 17.8 Å². The van der Waals surface area contributed by atoms with Crippen molar-refractivity contribution in [1.82, 2.24) is 15.0 Å². The Bertz CT molecular complexity index is 293. The molecule has 0 amide bonds. The molecule has 1 aromatic rings. The van der Waals surface area contributed by atoms with Gasteiger partial charge in [0.05, 0.1) is 0 Å². The van der Waals surface area contributed by atoms with Gasteiger partial charge in [0.1, 0.15) is 0 Å². The first kappa shape index (κ1) is 11.5. The number of nitrogens with two attached hydrogens (primary N) is 2. The van der Waals surface area contributed by atoms with Gasteiger partial charge in [0, 0.05) is 6.04 Å². The molecule has 1 heterocycles. The van der Waals surface area contributed by atoms with E-state index in [4.69, 9.17) is 11.5 Å². The SMILES string of the molecule is CCCCC(C)Nc1nc(N)nc(N)n1. The smallest absolute Gasteiger partial charge is 0.229 e. The molecular formula is C9H18N6. The predicted octanol–water partition coefficient (Wildman–Crippen LogP) is 1.03. The standard InChI is InChI=1S/C9H18N6/c1-3-4-5-6(2)12-9-14-7(10)13-8(11)15-9/h6H,3-5H2,1-2H3,(H5,10,11,12,13,14,15). The molecule has 5 N–H and O–H groups in total. The van der Waals surface area contributed by atoms with Crippen molar-refractivity contribution < 1.29 is 0 Å². The number of aromatic nitrogens is 3. The molecule has 15 heavy (non-hydrogen) atoms. The lowest BCUT2D eigenvalue weighted by Gasteiger charge is -2.13. The zero-order valence-corrected chi connectivity index (χ0v) is 9.20. The van der Waals surface area contributed by atoms with Gasteiger partial charge in [-0.2, -0.15) is 15.0 Å². The van der Waals surface area contributed by atoms with Crippen LogP contribution in [0.15, 0.2) is 0 Å². The van der Waals surface area contributed by atoms with Crippen LogP contribution >= 0.6 is 0 Å². The number of nitrogens with zero attached hydrogens (tertiary/aromatic N) is 3. The summed E-state index contributed by atoms with van der Waals surface area (Å²) in [6.07, 6.45) is 3.42. The fraction of sp³-hybridized carbons (Fsp3) is 0.667. The lowest BCUT2D eigenvalue weighted by Crippen LogP contribution is -2.18. The van der Waals surface area contributed by atoms with Crippen molar-refractivity contribution in [2.24, 2.45) is 0 Å². The first-order valence-corrected chi connectivity index (χ1v) is 5.15. The Kier molecular flexibility index (Phi) is 4.08. The Morgan fingerprint density at radius 2 is 1.80 bits per heavy atom. The van der Waals surface area contributed by atoms with Crippen LogP contribution in [0.2, 0.25) is 0 Å². The van der Waals surface area contributed by atoms with Crippen molar-refractivity contribution in [3.8, 4) is 0 Å². The van der Waals surface area contributed by atoms with E-state index in [1.165, 1.54) is 12.8 Å². The Hall–Kier alpha value is -1.59. The monoisotopic (exact) mass is 210 g/mol. The summed E-state index contributed by atoms with van der Waals surface area (Å²) in [6.45, 7) is 4.23. The minimum atomic E-state index is 0.146. The largest absolute Gasteiger partial charge is 0.368 e. The Morgan fingerprint density at radius 1 is 1.20 bits per heavy atom. The van der Waals surface area contributed by atoms with Crippen LogP contribution in [0.1, 0.15) is 33.1 Å². The molecule has 0 spiro atoms. The molecular weight excluding hydrogens is 192 g/mol. The van der Waals surface area contributed by atoms with Gasteiger partial charge in [-0.1, -0.05) is 19.8 Å². The van der Waals surface area contributed by atoms with Crippen molar-refractivity contribution in [2.45, 2.75) is 39.2 Å². The Labute approximate surface area is 89.5 Å².